The highest BCUT2D eigenvalue weighted by Crippen LogP contribution is 2.21. The molecule has 4 aromatic rings. The average Bonchev–Trinajstić information content (AvgIpc) is 2.74. The first-order chi connectivity index (χ1) is 41.4. The largest absolute Gasteiger partial charge is 0.508 e. The van der Waals surface area contributed by atoms with Crippen LogP contribution in [0.4, 0.5) is 0 Å². The Hall–Kier alpha value is -8.51. The van der Waals surface area contributed by atoms with Crippen LogP contribution in [0.25, 0.3) is 0 Å². The number of likely N-dealkylation sites (tertiary alicyclic amines) is 1. The number of aliphatic carboxylic acids is 2. The number of aromatic hydroxyl groups is 1. The molecular formula is C57H78N14O14S2. The summed E-state index contributed by atoms with van der Waals surface area (Å²) >= 11 is 8.62. The number of benzene rings is 2. The SMILES string of the molecule is CC[C@H](C)[C@H](NC(=O)[C@H](Cc1cnc[nH]1)NC(=O)[C@H](CS)NC(=O)[C@H](CC(C)C)NC(=O)[C@H](CC(=O)O)NC(=O)[C@H](Cc1ccc(O)cc1)NC(=O)[C@@H]1CCCN1C(=O)[C@H](CS)NC(=O)[C@H](Cc1cnc[nH]1)NC(=O)[C@@H](N)Cc1ccccc1)C(=O)O. The van der Waals surface area contributed by atoms with Crippen LogP contribution in [0.5, 0.6) is 5.75 Å². The smallest absolute Gasteiger partial charge is 0.326 e. The molecule has 3 heterocycles. The molecule has 2 aromatic heterocycles. The molecule has 1 aliphatic heterocycles. The lowest BCUT2D eigenvalue weighted by Gasteiger charge is -2.30. The molecule has 0 spiro atoms. The zero-order chi connectivity index (χ0) is 63.9. The standard InChI is InChI=1S/C57H78N14O14S2/c1-5-31(4)47(57(84)85)70-53(80)41(22-35-25-60-29-62-35)65-54(81)43(26-86)68-49(76)38(18-30(2)3)64-52(79)42(23-46(73)74)66-50(77)39(20-33-13-15-36(72)16-14-33)67-55(82)45-12-9-17-71(45)56(83)44(27-87)69-51(78)40(21-34-24-59-28-61-34)63-48(75)37(58)19-32-10-7-6-8-11-32/h6-8,10-11,13-16,24-25,28-31,37-45,47,72,86-87H,5,9,12,17-23,26-27,58H2,1-4H3,(H,59,61)(H,60,62)(H,63,75)(H,64,79)(H,65,81)(H,66,77)(H,67,82)(H,68,76)(H,69,78)(H,70,80)(H,73,74)(H,84,85)/t31-,37-,38-,39-,40-,41-,42-,43-,44-,45-,47-/m0/s1. The summed E-state index contributed by atoms with van der Waals surface area (Å²) in [5.74, 6) is -12.2. The second-order valence-corrected chi connectivity index (χ2v) is 22.4. The summed E-state index contributed by atoms with van der Waals surface area (Å²) in [6, 6.07) is 0.658. The zero-order valence-corrected chi connectivity index (χ0v) is 50.4. The maximum absolute atomic E-state index is 14.4. The number of amides is 9. The Bertz CT molecular complexity index is 2980. The van der Waals surface area contributed by atoms with Gasteiger partial charge in [-0.25, -0.2) is 14.8 Å². The molecule has 0 bridgehead atoms. The minimum absolute atomic E-state index is 0.0388. The van der Waals surface area contributed by atoms with Gasteiger partial charge in [0, 0.05) is 61.1 Å². The normalized spacial score (nSPS) is 16.4. The van der Waals surface area contributed by atoms with Gasteiger partial charge >= 0.3 is 11.9 Å². The lowest BCUT2D eigenvalue weighted by atomic mass is 9.98. The highest BCUT2D eigenvalue weighted by Gasteiger charge is 2.41. The number of rotatable bonds is 34. The molecule has 0 saturated carbocycles. The summed E-state index contributed by atoms with van der Waals surface area (Å²) < 4.78 is 0. The minimum Gasteiger partial charge on any atom is -0.508 e. The van der Waals surface area contributed by atoms with Gasteiger partial charge < -0.3 is 78.5 Å². The van der Waals surface area contributed by atoms with E-state index in [1.807, 2.05) is 6.07 Å². The van der Waals surface area contributed by atoms with E-state index in [1.54, 1.807) is 52.0 Å². The van der Waals surface area contributed by atoms with Crippen molar-refractivity contribution in [2.75, 3.05) is 18.1 Å². The average molecular weight is 1250 g/mol. The second-order valence-electron chi connectivity index (χ2n) is 21.6. The van der Waals surface area contributed by atoms with E-state index in [-0.39, 0.29) is 68.2 Å². The number of carboxylic acids is 2. The van der Waals surface area contributed by atoms with E-state index in [4.69, 9.17) is 5.73 Å². The first-order valence-corrected chi connectivity index (χ1v) is 29.6. The summed E-state index contributed by atoms with van der Waals surface area (Å²) in [7, 11) is 0. The molecule has 0 aliphatic carbocycles. The molecule has 30 heteroatoms. The number of aromatic amines is 2. The Morgan fingerprint density at radius 2 is 1.09 bits per heavy atom. The van der Waals surface area contributed by atoms with Crippen LogP contribution in [0.3, 0.4) is 0 Å². The second kappa shape index (κ2) is 34.0. The summed E-state index contributed by atoms with van der Waals surface area (Å²) in [5.41, 5.74) is 8.31. The molecule has 15 N–H and O–H groups in total. The molecule has 11 atom stereocenters. The first kappa shape index (κ1) is 69.3. The number of H-pyrrole nitrogens is 2. The number of hydrogen-bond donors (Lipinski definition) is 16. The number of carboxylic acid groups (broad SMARTS) is 2. The van der Waals surface area contributed by atoms with Gasteiger partial charge in [0.05, 0.1) is 25.1 Å². The van der Waals surface area contributed by atoms with Crippen molar-refractivity contribution in [2.24, 2.45) is 17.6 Å². The summed E-state index contributed by atoms with van der Waals surface area (Å²) in [6.07, 6.45) is 4.95. The van der Waals surface area contributed by atoms with E-state index in [1.165, 1.54) is 54.2 Å². The maximum atomic E-state index is 14.4. The number of phenolic OH excluding ortho intramolecular Hbond substituents is 1. The molecule has 2 aromatic carbocycles. The molecule has 472 valence electrons. The summed E-state index contributed by atoms with van der Waals surface area (Å²) in [5, 5.41) is 50.3. The van der Waals surface area contributed by atoms with Gasteiger partial charge in [-0.1, -0.05) is 76.6 Å². The van der Waals surface area contributed by atoms with Crippen LogP contribution >= 0.6 is 25.3 Å². The predicted molar refractivity (Wildman–Crippen MR) is 321 cm³/mol. The molecule has 9 amide bonds. The van der Waals surface area contributed by atoms with Crippen molar-refractivity contribution in [1.29, 1.82) is 0 Å². The fourth-order valence-corrected chi connectivity index (χ4v) is 10.0. The number of carbonyl (C=O) groups excluding carboxylic acids is 9. The molecule has 1 saturated heterocycles. The molecule has 0 radical (unpaired) electrons. The van der Waals surface area contributed by atoms with Gasteiger partial charge in [-0.2, -0.15) is 25.3 Å². The molecule has 5 rings (SSSR count). The Morgan fingerprint density at radius 1 is 0.609 bits per heavy atom. The van der Waals surface area contributed by atoms with Crippen LogP contribution in [0.15, 0.2) is 79.6 Å². The molecule has 1 fully saturated rings. The molecule has 28 nitrogen and oxygen atoms in total. The minimum atomic E-state index is -1.89. The molecule has 87 heavy (non-hydrogen) atoms. The number of imidazole rings is 2. The van der Waals surface area contributed by atoms with Crippen molar-refractivity contribution >= 4 is 90.4 Å². The third kappa shape index (κ3) is 21.4. The third-order valence-electron chi connectivity index (χ3n) is 14.4. The highest BCUT2D eigenvalue weighted by atomic mass is 32.1. The van der Waals surface area contributed by atoms with Crippen molar-refractivity contribution in [3.63, 3.8) is 0 Å². The van der Waals surface area contributed by atoms with Gasteiger partial charge in [0.15, 0.2) is 0 Å². The van der Waals surface area contributed by atoms with Crippen molar-refractivity contribution < 1.29 is 68.1 Å². The van der Waals surface area contributed by atoms with Crippen LogP contribution in [0, 0.1) is 11.8 Å². The maximum Gasteiger partial charge on any atom is 0.326 e. The summed E-state index contributed by atoms with van der Waals surface area (Å²) in [4.78, 5) is 166. The number of aromatic nitrogens is 4. The van der Waals surface area contributed by atoms with Gasteiger partial charge in [0.2, 0.25) is 53.2 Å². The number of hydrogen-bond acceptors (Lipinski definition) is 17. The topological polar surface area (TPSA) is 431 Å². The summed E-state index contributed by atoms with van der Waals surface area (Å²) in [6.45, 7) is 6.85. The Morgan fingerprint density at radius 3 is 1.62 bits per heavy atom. The first-order valence-electron chi connectivity index (χ1n) is 28.3. The quantitative estimate of drug-likeness (QED) is 0.0245. The van der Waals surface area contributed by atoms with Gasteiger partial charge in [0.25, 0.3) is 0 Å². The third-order valence-corrected chi connectivity index (χ3v) is 15.2. The van der Waals surface area contributed by atoms with Crippen LogP contribution in [-0.2, 0) is 78.4 Å². The van der Waals surface area contributed by atoms with E-state index >= 15 is 0 Å². The van der Waals surface area contributed by atoms with Gasteiger partial charge in [0.1, 0.15) is 60.1 Å². The number of nitrogens with one attached hydrogen (secondary N) is 10. The number of thiol groups is 2. The lowest BCUT2D eigenvalue weighted by Crippen LogP contribution is -2.61. The zero-order valence-electron chi connectivity index (χ0n) is 48.6. The van der Waals surface area contributed by atoms with E-state index in [0.717, 1.165) is 5.56 Å². The Kier molecular flexibility index (Phi) is 27.1. The van der Waals surface area contributed by atoms with Gasteiger partial charge in [-0.15, -0.1) is 0 Å². The lowest BCUT2D eigenvalue weighted by molar-refractivity contribution is -0.144. The van der Waals surface area contributed by atoms with Crippen LogP contribution in [0.1, 0.15) is 82.3 Å². The highest BCUT2D eigenvalue weighted by molar-refractivity contribution is 7.80. The van der Waals surface area contributed by atoms with E-state index in [0.29, 0.717) is 29.8 Å². The Balaban J connectivity index is 1.31. The predicted octanol–water partition coefficient (Wildman–Crippen LogP) is -1.18. The fraction of sp³-hybridized carbons (Fsp3) is 0.491. The molecule has 0 unspecified atom stereocenters. The van der Waals surface area contributed by atoms with Crippen LogP contribution in [-0.4, -0.2) is 184 Å². The number of phenols is 1. The van der Waals surface area contributed by atoms with Gasteiger partial charge in [-0.05, 0) is 60.8 Å². The van der Waals surface area contributed by atoms with Crippen molar-refractivity contribution in [3.8, 4) is 5.75 Å². The van der Waals surface area contributed by atoms with Crippen molar-refractivity contribution in [1.82, 2.24) is 67.4 Å². The number of carbonyl (C=O) groups is 11. The van der Waals surface area contributed by atoms with E-state index in [9.17, 15) is 68.1 Å². The fourth-order valence-electron chi connectivity index (χ4n) is 9.50. The van der Waals surface area contributed by atoms with Crippen LogP contribution in [0.2, 0.25) is 0 Å². The van der Waals surface area contributed by atoms with Crippen LogP contribution < -0.4 is 48.3 Å². The van der Waals surface area contributed by atoms with Gasteiger partial charge in [-0.3, -0.25) is 47.9 Å². The molecule has 1 aliphatic rings. The monoisotopic (exact) mass is 1250 g/mol. The van der Waals surface area contributed by atoms with E-state index in [2.05, 4.69) is 87.7 Å². The van der Waals surface area contributed by atoms with Crippen molar-refractivity contribution in [3.05, 3.63) is 102 Å². The molecular weight excluding hydrogens is 1170 g/mol. The van der Waals surface area contributed by atoms with Crippen molar-refractivity contribution in [2.45, 2.75) is 146 Å². The number of nitrogens with two attached hydrogens (primary N) is 1. The Labute approximate surface area is 513 Å². The van der Waals surface area contributed by atoms with E-state index < -0.39 is 138 Å². The number of nitrogens with zero attached hydrogens (tertiary/aromatic N) is 3.